The highest BCUT2D eigenvalue weighted by Gasteiger charge is 2.20. The number of primary amides is 1. The molecule has 6 heteroatoms. The van der Waals surface area contributed by atoms with E-state index < -0.39 is 11.9 Å². The van der Waals surface area contributed by atoms with Crippen molar-refractivity contribution in [2.24, 2.45) is 5.73 Å². The van der Waals surface area contributed by atoms with Crippen molar-refractivity contribution in [3.63, 3.8) is 0 Å². The Balaban J connectivity index is 2.36. The van der Waals surface area contributed by atoms with Crippen LogP contribution in [-0.2, 0) is 4.79 Å². The molecular formula is C15H15ClN2O3. The molecule has 0 radical (unpaired) electrons. The number of halogens is 1. The van der Waals surface area contributed by atoms with Crippen molar-refractivity contribution in [1.29, 1.82) is 0 Å². The summed E-state index contributed by atoms with van der Waals surface area (Å²) in [4.78, 5) is 11.7. The third kappa shape index (κ3) is 3.38. The standard InChI is InChI=1S/C15H15ClN2O3/c1-21-13-8-9(6-7-12(13)19)14(15(17)20)18-11-5-3-2-4-10(11)16/h2-8,14,18-19H,1H3,(H2,17,20). The second-order valence-corrected chi connectivity index (χ2v) is 4.80. The molecule has 21 heavy (non-hydrogen) atoms. The highest BCUT2D eigenvalue weighted by Crippen LogP contribution is 2.31. The summed E-state index contributed by atoms with van der Waals surface area (Å²) < 4.78 is 5.03. The molecule has 2 aromatic carbocycles. The van der Waals surface area contributed by atoms with E-state index >= 15 is 0 Å². The van der Waals surface area contributed by atoms with Crippen LogP contribution in [0.25, 0.3) is 0 Å². The number of hydrogen-bond acceptors (Lipinski definition) is 4. The van der Waals surface area contributed by atoms with Crippen molar-refractivity contribution >= 4 is 23.2 Å². The fourth-order valence-corrected chi connectivity index (χ4v) is 2.12. The minimum Gasteiger partial charge on any atom is -0.504 e. The van der Waals surface area contributed by atoms with Gasteiger partial charge in [0, 0.05) is 0 Å². The summed E-state index contributed by atoms with van der Waals surface area (Å²) in [7, 11) is 1.43. The molecule has 2 rings (SSSR count). The number of nitrogens with two attached hydrogens (primary N) is 1. The van der Waals surface area contributed by atoms with E-state index in [9.17, 15) is 9.90 Å². The van der Waals surface area contributed by atoms with Crippen LogP contribution in [-0.4, -0.2) is 18.1 Å². The van der Waals surface area contributed by atoms with Gasteiger partial charge >= 0.3 is 0 Å². The maximum atomic E-state index is 11.7. The van der Waals surface area contributed by atoms with Gasteiger partial charge in [-0.15, -0.1) is 0 Å². The highest BCUT2D eigenvalue weighted by molar-refractivity contribution is 6.33. The van der Waals surface area contributed by atoms with Gasteiger partial charge in [-0.1, -0.05) is 29.8 Å². The van der Waals surface area contributed by atoms with Gasteiger partial charge in [-0.3, -0.25) is 4.79 Å². The first-order valence-electron chi connectivity index (χ1n) is 6.20. The van der Waals surface area contributed by atoms with E-state index in [1.165, 1.54) is 13.2 Å². The summed E-state index contributed by atoms with van der Waals surface area (Å²) in [5, 5.41) is 13.1. The van der Waals surface area contributed by atoms with Crippen LogP contribution in [0.3, 0.4) is 0 Å². The van der Waals surface area contributed by atoms with Gasteiger partial charge in [0.1, 0.15) is 6.04 Å². The van der Waals surface area contributed by atoms with Crippen molar-refractivity contribution in [2.45, 2.75) is 6.04 Å². The monoisotopic (exact) mass is 306 g/mol. The Morgan fingerprint density at radius 3 is 2.67 bits per heavy atom. The van der Waals surface area contributed by atoms with E-state index in [-0.39, 0.29) is 11.5 Å². The van der Waals surface area contributed by atoms with E-state index in [1.54, 1.807) is 36.4 Å². The molecule has 1 atom stereocenters. The van der Waals surface area contributed by atoms with Crippen molar-refractivity contribution in [3.8, 4) is 11.5 Å². The second-order valence-electron chi connectivity index (χ2n) is 4.39. The van der Waals surface area contributed by atoms with Crippen LogP contribution < -0.4 is 15.8 Å². The maximum absolute atomic E-state index is 11.7. The Bertz CT molecular complexity index is 661. The lowest BCUT2D eigenvalue weighted by atomic mass is 10.0. The summed E-state index contributed by atoms with van der Waals surface area (Å²) in [6.45, 7) is 0. The smallest absolute Gasteiger partial charge is 0.244 e. The molecule has 110 valence electrons. The number of aromatic hydroxyl groups is 1. The SMILES string of the molecule is COc1cc(C(Nc2ccccc2Cl)C(N)=O)ccc1O. The molecule has 1 amide bonds. The van der Waals surface area contributed by atoms with Gasteiger partial charge in [0.15, 0.2) is 11.5 Å². The number of para-hydroxylation sites is 1. The van der Waals surface area contributed by atoms with E-state index in [0.29, 0.717) is 16.3 Å². The van der Waals surface area contributed by atoms with Crippen LogP contribution in [0.2, 0.25) is 5.02 Å². The number of carbonyl (C=O) groups is 1. The van der Waals surface area contributed by atoms with Crippen molar-refractivity contribution < 1.29 is 14.6 Å². The molecule has 0 fully saturated rings. The number of anilines is 1. The number of amides is 1. The molecule has 0 heterocycles. The van der Waals surface area contributed by atoms with E-state index in [4.69, 9.17) is 22.1 Å². The van der Waals surface area contributed by atoms with Crippen LogP contribution >= 0.6 is 11.6 Å². The summed E-state index contributed by atoms with van der Waals surface area (Å²) >= 11 is 6.06. The topological polar surface area (TPSA) is 84.6 Å². The fraction of sp³-hybridized carbons (Fsp3) is 0.133. The Hall–Kier alpha value is -2.40. The Morgan fingerprint density at radius 2 is 2.05 bits per heavy atom. The number of phenols is 1. The predicted molar refractivity (Wildman–Crippen MR) is 81.7 cm³/mol. The third-order valence-electron chi connectivity index (χ3n) is 3.00. The summed E-state index contributed by atoms with van der Waals surface area (Å²) in [5.74, 6) is -0.315. The lowest BCUT2D eigenvalue weighted by molar-refractivity contribution is -0.118. The Labute approximate surface area is 127 Å². The molecule has 1 unspecified atom stereocenters. The predicted octanol–water partition coefficient (Wildman–Crippen LogP) is 2.69. The maximum Gasteiger partial charge on any atom is 0.244 e. The van der Waals surface area contributed by atoms with Gasteiger partial charge in [-0.25, -0.2) is 0 Å². The zero-order valence-corrected chi connectivity index (χ0v) is 12.1. The molecular weight excluding hydrogens is 292 g/mol. The molecule has 0 saturated heterocycles. The van der Waals surface area contributed by atoms with Crippen LogP contribution in [0.5, 0.6) is 11.5 Å². The molecule has 0 aliphatic carbocycles. The number of hydrogen-bond donors (Lipinski definition) is 3. The van der Waals surface area contributed by atoms with Gasteiger partial charge in [0.25, 0.3) is 0 Å². The molecule has 0 bridgehead atoms. The lowest BCUT2D eigenvalue weighted by Crippen LogP contribution is -2.27. The zero-order valence-electron chi connectivity index (χ0n) is 11.3. The zero-order chi connectivity index (χ0) is 15.4. The van der Waals surface area contributed by atoms with Gasteiger partial charge in [-0.2, -0.15) is 0 Å². The fourth-order valence-electron chi connectivity index (χ4n) is 1.93. The number of rotatable bonds is 5. The number of ether oxygens (including phenoxy) is 1. The summed E-state index contributed by atoms with van der Waals surface area (Å²) in [6.07, 6.45) is 0. The molecule has 5 nitrogen and oxygen atoms in total. The van der Waals surface area contributed by atoms with Crippen molar-refractivity contribution in [1.82, 2.24) is 0 Å². The van der Waals surface area contributed by atoms with Gasteiger partial charge in [0.2, 0.25) is 5.91 Å². The summed E-state index contributed by atoms with van der Waals surface area (Å²) in [5.41, 5.74) is 6.61. The molecule has 0 saturated carbocycles. The number of carbonyl (C=O) groups excluding carboxylic acids is 1. The Kier molecular flexibility index (Phi) is 4.55. The average Bonchev–Trinajstić information content (AvgIpc) is 2.47. The second kappa shape index (κ2) is 6.37. The summed E-state index contributed by atoms with van der Waals surface area (Å²) in [6, 6.07) is 10.8. The molecule has 2 aromatic rings. The van der Waals surface area contributed by atoms with E-state index in [2.05, 4.69) is 5.32 Å². The van der Waals surface area contributed by atoms with Gasteiger partial charge in [-0.05, 0) is 29.8 Å². The van der Waals surface area contributed by atoms with Gasteiger partial charge in [0.05, 0.1) is 17.8 Å². The van der Waals surface area contributed by atoms with Crippen LogP contribution in [0.1, 0.15) is 11.6 Å². The lowest BCUT2D eigenvalue weighted by Gasteiger charge is -2.19. The minimum absolute atomic E-state index is 0.0118. The normalized spacial score (nSPS) is 11.7. The van der Waals surface area contributed by atoms with Crippen molar-refractivity contribution in [3.05, 3.63) is 53.1 Å². The van der Waals surface area contributed by atoms with Crippen LogP contribution in [0.4, 0.5) is 5.69 Å². The Morgan fingerprint density at radius 1 is 1.33 bits per heavy atom. The van der Waals surface area contributed by atoms with E-state index in [1.807, 2.05) is 0 Å². The molecule has 0 spiro atoms. The van der Waals surface area contributed by atoms with E-state index in [0.717, 1.165) is 0 Å². The van der Waals surface area contributed by atoms with Crippen LogP contribution in [0.15, 0.2) is 42.5 Å². The molecule has 0 aliphatic heterocycles. The largest absolute Gasteiger partial charge is 0.504 e. The molecule has 0 aromatic heterocycles. The first-order valence-corrected chi connectivity index (χ1v) is 6.58. The number of phenolic OH excluding ortho intramolecular Hbond substituents is 1. The van der Waals surface area contributed by atoms with Gasteiger partial charge < -0.3 is 20.9 Å². The highest BCUT2D eigenvalue weighted by atomic mass is 35.5. The average molecular weight is 307 g/mol. The number of nitrogens with one attached hydrogen (secondary N) is 1. The quantitative estimate of drug-likeness (QED) is 0.793. The first kappa shape index (κ1) is 15.0. The first-order chi connectivity index (χ1) is 10.0. The van der Waals surface area contributed by atoms with Crippen LogP contribution in [0, 0.1) is 0 Å². The molecule has 0 aliphatic rings. The number of benzene rings is 2. The van der Waals surface area contributed by atoms with Crippen molar-refractivity contribution in [2.75, 3.05) is 12.4 Å². The number of methoxy groups -OCH3 is 1. The molecule has 4 N–H and O–H groups in total. The third-order valence-corrected chi connectivity index (χ3v) is 3.32. The minimum atomic E-state index is -0.792.